The number of aromatic hydroxyl groups is 1. The zero-order valence-electron chi connectivity index (χ0n) is 24.2. The lowest BCUT2D eigenvalue weighted by atomic mass is 9.43. The minimum atomic E-state index is -0.274. The Morgan fingerprint density at radius 3 is 2.59 bits per heavy atom. The molecular weight excluding hydrogens is 650 g/mol. The first kappa shape index (κ1) is 29.8. The number of H-pyrrole nitrogens is 1. The van der Waals surface area contributed by atoms with Gasteiger partial charge >= 0.3 is 0 Å². The number of carbonyl (C=O) groups excluding carboxylic acids is 1. The van der Waals surface area contributed by atoms with E-state index in [-0.39, 0.29) is 40.5 Å². The van der Waals surface area contributed by atoms with Crippen LogP contribution in [0.5, 0.6) is 5.88 Å². The van der Waals surface area contributed by atoms with Crippen LogP contribution in [0.15, 0.2) is 31.3 Å². The molecule has 4 fully saturated rings. The number of carbonyl (C=O) groups is 1. The highest BCUT2D eigenvalue weighted by atomic mass is 79.9. The van der Waals surface area contributed by atoms with Crippen molar-refractivity contribution in [2.45, 2.75) is 97.2 Å². The second-order valence-electron chi connectivity index (χ2n) is 14.2. The number of aliphatic hydroxyl groups excluding tert-OH is 2. The number of halogens is 2. The van der Waals surface area contributed by atoms with E-state index in [1.54, 1.807) is 0 Å². The molecule has 1 aromatic heterocycles. The number of hydrogen-bond donors (Lipinski definition) is 4. The molecule has 7 nitrogen and oxygen atoms in total. The molecule has 10 atom stereocenters. The van der Waals surface area contributed by atoms with E-state index in [1.807, 2.05) is 12.1 Å². The maximum atomic E-state index is 12.8. The second-order valence-corrected chi connectivity index (χ2v) is 16.0. The van der Waals surface area contributed by atoms with Crippen molar-refractivity contribution >= 4 is 54.4 Å². The summed E-state index contributed by atoms with van der Waals surface area (Å²) in [6.07, 6.45) is 8.93. The van der Waals surface area contributed by atoms with Crippen LogP contribution < -0.4 is 0 Å². The molecule has 224 valence electrons. The number of benzene rings is 1. The third-order valence-electron chi connectivity index (χ3n) is 12.3. The summed E-state index contributed by atoms with van der Waals surface area (Å²) in [5.41, 5.74) is 1.38. The molecule has 4 aliphatic carbocycles. The number of aliphatic hydroxyl groups is 2. The molecule has 4 aliphatic rings. The first-order valence-electron chi connectivity index (χ1n) is 15.4. The summed E-state index contributed by atoms with van der Waals surface area (Å²) in [4.78, 5) is 15.7. The van der Waals surface area contributed by atoms with Gasteiger partial charge in [-0.25, -0.2) is 0 Å². The van der Waals surface area contributed by atoms with Crippen LogP contribution in [0.3, 0.4) is 0 Å². The third-order valence-corrected chi connectivity index (χ3v) is 13.4. The van der Waals surface area contributed by atoms with Gasteiger partial charge < -0.3 is 20.3 Å². The molecule has 2 aromatic rings. The van der Waals surface area contributed by atoms with Gasteiger partial charge in [0.2, 0.25) is 5.88 Å². The van der Waals surface area contributed by atoms with E-state index in [0.717, 1.165) is 60.3 Å². The molecule has 0 saturated heterocycles. The van der Waals surface area contributed by atoms with Crippen molar-refractivity contribution in [1.82, 2.24) is 4.98 Å². The monoisotopic (exact) mass is 691 g/mol. The van der Waals surface area contributed by atoms with Gasteiger partial charge in [0.25, 0.3) is 5.91 Å². The average molecular weight is 694 g/mol. The second kappa shape index (κ2) is 11.0. The van der Waals surface area contributed by atoms with Gasteiger partial charge in [-0.3, -0.25) is 4.79 Å². The number of nitrogens with zero attached hydrogens (tertiary/aromatic N) is 2. The maximum Gasteiger partial charge on any atom is 0.264 e. The summed E-state index contributed by atoms with van der Waals surface area (Å²) in [6, 6.07) is 3.71. The predicted molar refractivity (Wildman–Crippen MR) is 166 cm³/mol. The van der Waals surface area contributed by atoms with Gasteiger partial charge in [-0.1, -0.05) is 36.7 Å². The van der Waals surface area contributed by atoms with E-state index in [1.165, 1.54) is 6.42 Å². The molecule has 1 amide bonds. The fraction of sp³-hybridized carbons (Fsp3) is 0.719. The lowest BCUT2D eigenvalue weighted by Crippen LogP contribution is -2.58. The highest BCUT2D eigenvalue weighted by Gasteiger charge is 2.62. The van der Waals surface area contributed by atoms with Crippen LogP contribution in [0.25, 0.3) is 10.9 Å². The number of hydrogen-bond acceptors (Lipinski definition) is 5. The van der Waals surface area contributed by atoms with Crippen LogP contribution in [0.2, 0.25) is 0 Å². The molecule has 6 rings (SSSR count). The largest absolute Gasteiger partial charge is 0.493 e. The number of fused-ring (bicyclic) bond motifs is 6. The molecular formula is C32H43Br2N3O4. The van der Waals surface area contributed by atoms with E-state index in [0.29, 0.717) is 52.8 Å². The van der Waals surface area contributed by atoms with Gasteiger partial charge in [0.05, 0.1) is 17.7 Å². The van der Waals surface area contributed by atoms with Crippen LogP contribution in [-0.2, 0) is 4.79 Å². The Kier molecular flexibility index (Phi) is 7.99. The molecule has 0 radical (unpaired) electrons. The first-order chi connectivity index (χ1) is 19.4. The molecule has 0 unspecified atom stereocenters. The normalized spacial score (nSPS) is 39.4. The van der Waals surface area contributed by atoms with Gasteiger partial charge in [0.1, 0.15) is 0 Å². The summed E-state index contributed by atoms with van der Waals surface area (Å²) >= 11 is 6.95. The minimum absolute atomic E-state index is 0.112. The zero-order chi connectivity index (χ0) is 29.3. The van der Waals surface area contributed by atoms with Crippen LogP contribution >= 0.6 is 31.9 Å². The van der Waals surface area contributed by atoms with Crippen molar-refractivity contribution in [3.05, 3.63) is 21.1 Å². The number of aromatic amines is 1. The van der Waals surface area contributed by atoms with Gasteiger partial charge in [-0.15, -0.1) is 10.2 Å². The van der Waals surface area contributed by atoms with Crippen LogP contribution in [-0.4, -0.2) is 38.4 Å². The van der Waals surface area contributed by atoms with Gasteiger partial charge in [-0.05, 0) is 132 Å². The van der Waals surface area contributed by atoms with E-state index < -0.39 is 0 Å². The van der Waals surface area contributed by atoms with Gasteiger partial charge in [0.15, 0.2) is 5.69 Å². The standard InChI is InChI=1S/C32H43Br2N3O4/c1-16(4-7-26(40)36-37-29-20-14-18(33)15-24(34)28(20)35-30(29)41)21-5-6-22-27-23(9-11-32(21,22)3)31(2)10-8-19(38)12-17(31)13-25(27)39/h14-17,19,21-23,25,27,35,38-39,41H,4-13H2,1-3H3/t16-,17+,19-,21-,22+,23+,25+,27+,31-,32+/m0/s1. The average Bonchev–Trinajstić information content (AvgIpc) is 3.43. The van der Waals surface area contributed by atoms with Crippen molar-refractivity contribution in [2.24, 2.45) is 56.6 Å². The van der Waals surface area contributed by atoms with Crippen LogP contribution in [0.1, 0.15) is 85.0 Å². The number of aromatic nitrogens is 1. The number of nitrogens with one attached hydrogen (secondary N) is 1. The molecule has 9 heteroatoms. The van der Waals surface area contributed by atoms with Crippen molar-refractivity contribution in [3.63, 3.8) is 0 Å². The minimum Gasteiger partial charge on any atom is -0.493 e. The molecule has 0 aliphatic heterocycles. The van der Waals surface area contributed by atoms with Crippen molar-refractivity contribution in [3.8, 4) is 5.88 Å². The molecule has 0 bridgehead atoms. The Morgan fingerprint density at radius 1 is 1.07 bits per heavy atom. The molecule has 4 N–H and O–H groups in total. The van der Waals surface area contributed by atoms with Crippen molar-refractivity contribution in [1.29, 1.82) is 0 Å². The van der Waals surface area contributed by atoms with Crippen molar-refractivity contribution < 1.29 is 20.1 Å². The highest BCUT2D eigenvalue weighted by Crippen LogP contribution is 2.68. The lowest BCUT2D eigenvalue weighted by molar-refractivity contribution is -0.174. The highest BCUT2D eigenvalue weighted by molar-refractivity contribution is 9.11. The quantitative estimate of drug-likeness (QED) is 0.235. The summed E-state index contributed by atoms with van der Waals surface area (Å²) < 4.78 is 1.61. The Morgan fingerprint density at radius 2 is 1.80 bits per heavy atom. The first-order valence-corrected chi connectivity index (χ1v) is 17.0. The summed E-state index contributed by atoms with van der Waals surface area (Å²) in [5.74, 6) is 2.36. The molecule has 1 heterocycles. The van der Waals surface area contributed by atoms with Crippen molar-refractivity contribution in [2.75, 3.05) is 0 Å². The molecule has 1 aromatic carbocycles. The van der Waals surface area contributed by atoms with Crippen LogP contribution in [0.4, 0.5) is 5.69 Å². The van der Waals surface area contributed by atoms with Gasteiger partial charge in [0, 0.05) is 20.8 Å². The third kappa shape index (κ3) is 5.04. The summed E-state index contributed by atoms with van der Waals surface area (Å²) in [6.45, 7) is 7.20. The molecule has 41 heavy (non-hydrogen) atoms. The Labute approximate surface area is 259 Å². The number of amides is 1. The zero-order valence-corrected chi connectivity index (χ0v) is 27.4. The predicted octanol–water partition coefficient (Wildman–Crippen LogP) is 8.42. The fourth-order valence-electron chi connectivity index (χ4n) is 10.2. The maximum absolute atomic E-state index is 12.8. The summed E-state index contributed by atoms with van der Waals surface area (Å²) in [5, 5.41) is 41.0. The number of azo groups is 1. The van der Waals surface area contributed by atoms with Gasteiger partial charge in [-0.2, -0.15) is 0 Å². The topological polar surface area (TPSA) is 118 Å². The number of rotatable bonds is 5. The molecule has 0 spiro atoms. The van der Waals surface area contributed by atoms with Crippen LogP contribution in [0, 0.1) is 46.3 Å². The fourth-order valence-corrected chi connectivity index (χ4v) is 11.5. The van der Waals surface area contributed by atoms with E-state index in [9.17, 15) is 20.1 Å². The molecule has 4 saturated carbocycles. The van der Waals surface area contributed by atoms with E-state index in [2.05, 4.69) is 67.8 Å². The lowest BCUT2D eigenvalue weighted by Gasteiger charge is -2.62. The Hall–Kier alpha value is -1.29. The summed E-state index contributed by atoms with van der Waals surface area (Å²) in [7, 11) is 0. The van der Waals surface area contributed by atoms with E-state index in [4.69, 9.17) is 0 Å². The SMILES string of the molecule is C[C@@H](CCC(=O)N=Nc1c(O)[nH]c2c(Br)cc(Br)cc12)[C@@H]1CC[C@@H]2[C@H]3[C@H](O)C[C@H]4C[C@@H](O)CC[C@]4(C)[C@@H]3CC[C@@]21C. The van der Waals surface area contributed by atoms with E-state index >= 15 is 0 Å². The Bertz CT molecular complexity index is 1360. The Balaban J connectivity index is 1.11. The smallest absolute Gasteiger partial charge is 0.264 e.